The summed E-state index contributed by atoms with van der Waals surface area (Å²) in [5.74, 6) is -1.47. The third-order valence-corrected chi connectivity index (χ3v) is 3.44. The lowest BCUT2D eigenvalue weighted by molar-refractivity contribution is -0.274. The van der Waals surface area contributed by atoms with Crippen LogP contribution in [-0.2, 0) is 9.59 Å². The van der Waals surface area contributed by atoms with Crippen molar-refractivity contribution in [3.8, 4) is 5.75 Å². The first-order chi connectivity index (χ1) is 13.0. The fourth-order valence-corrected chi connectivity index (χ4v) is 2.01. The zero-order chi connectivity index (χ0) is 21.3. The number of anilines is 1. The Kier molecular flexibility index (Phi) is 8.71. The molecular formula is C17H23F3N4O4. The lowest BCUT2D eigenvalue weighted by atomic mass is 10.3. The molecule has 0 radical (unpaired) electrons. The number of alkyl halides is 3. The van der Waals surface area contributed by atoms with Gasteiger partial charge in [0.25, 0.3) is 0 Å². The second kappa shape index (κ2) is 10.5. The Bertz CT molecular complexity index is 680. The summed E-state index contributed by atoms with van der Waals surface area (Å²) in [4.78, 5) is 36.7. The highest BCUT2D eigenvalue weighted by molar-refractivity contribution is 5.96. The van der Waals surface area contributed by atoms with Crippen LogP contribution in [0.5, 0.6) is 5.75 Å². The van der Waals surface area contributed by atoms with Crippen molar-refractivity contribution >= 4 is 23.5 Å². The maximum absolute atomic E-state index is 12.1. The van der Waals surface area contributed by atoms with Crippen molar-refractivity contribution in [1.29, 1.82) is 0 Å². The van der Waals surface area contributed by atoms with E-state index in [0.29, 0.717) is 6.42 Å². The van der Waals surface area contributed by atoms with Crippen LogP contribution in [0.3, 0.4) is 0 Å². The summed E-state index contributed by atoms with van der Waals surface area (Å²) < 4.78 is 40.0. The van der Waals surface area contributed by atoms with E-state index < -0.39 is 30.0 Å². The number of urea groups is 1. The van der Waals surface area contributed by atoms with Gasteiger partial charge in [-0.2, -0.15) is 0 Å². The maximum Gasteiger partial charge on any atom is 0.573 e. The van der Waals surface area contributed by atoms with Crippen LogP contribution in [0.1, 0.15) is 20.3 Å². The van der Waals surface area contributed by atoms with E-state index in [1.54, 1.807) is 6.92 Å². The lowest BCUT2D eigenvalue weighted by Crippen LogP contribution is -2.47. The molecule has 0 saturated heterocycles. The van der Waals surface area contributed by atoms with E-state index >= 15 is 0 Å². The fourth-order valence-electron chi connectivity index (χ4n) is 2.01. The third-order valence-electron chi connectivity index (χ3n) is 3.44. The number of carbonyl (C=O) groups is 3. The maximum atomic E-state index is 12.1. The standard InChI is InChI=1S/C17H23F3N4O4/c1-4-11(2)21-16(27)23-15(26)10-24(3)9-14(25)22-12-5-7-13(8-6-12)28-17(18,19)20/h5-8,11H,4,9-10H2,1-3H3,(H,22,25)(H2,21,23,26,27)/t11-/m0/s1. The molecule has 4 amide bonds. The zero-order valence-corrected chi connectivity index (χ0v) is 15.7. The second-order valence-electron chi connectivity index (χ2n) is 6.12. The number of likely N-dealkylation sites (N-methyl/N-ethyl adjacent to an activating group) is 1. The van der Waals surface area contributed by atoms with Crippen LogP contribution in [0.4, 0.5) is 23.7 Å². The molecule has 8 nitrogen and oxygen atoms in total. The molecule has 0 aliphatic rings. The summed E-state index contributed by atoms with van der Waals surface area (Å²) >= 11 is 0. The van der Waals surface area contributed by atoms with E-state index in [1.807, 2.05) is 6.92 Å². The predicted octanol–water partition coefficient (Wildman–Crippen LogP) is 2.08. The van der Waals surface area contributed by atoms with E-state index in [9.17, 15) is 27.6 Å². The number of amides is 4. The highest BCUT2D eigenvalue weighted by Crippen LogP contribution is 2.23. The lowest BCUT2D eigenvalue weighted by Gasteiger charge is -2.17. The molecule has 11 heteroatoms. The number of carbonyl (C=O) groups excluding carboxylic acids is 3. The average Bonchev–Trinajstić information content (AvgIpc) is 2.54. The molecule has 1 aromatic carbocycles. The van der Waals surface area contributed by atoms with E-state index in [-0.39, 0.29) is 24.8 Å². The SMILES string of the molecule is CC[C@H](C)NC(=O)NC(=O)CN(C)CC(=O)Nc1ccc(OC(F)(F)F)cc1. The Morgan fingerprint density at radius 2 is 1.68 bits per heavy atom. The number of hydrogen-bond donors (Lipinski definition) is 3. The third kappa shape index (κ3) is 9.76. The number of nitrogens with zero attached hydrogens (tertiary/aromatic N) is 1. The highest BCUT2D eigenvalue weighted by Gasteiger charge is 2.30. The monoisotopic (exact) mass is 404 g/mol. The fraction of sp³-hybridized carbons (Fsp3) is 0.471. The van der Waals surface area contributed by atoms with Gasteiger partial charge in [0.15, 0.2) is 0 Å². The number of halogens is 3. The average molecular weight is 404 g/mol. The molecule has 0 fully saturated rings. The van der Waals surface area contributed by atoms with E-state index in [1.165, 1.54) is 24.1 Å². The quantitative estimate of drug-likeness (QED) is 0.616. The number of benzene rings is 1. The van der Waals surface area contributed by atoms with Crippen molar-refractivity contribution in [2.45, 2.75) is 32.7 Å². The first kappa shape index (κ1) is 23.2. The number of hydrogen-bond acceptors (Lipinski definition) is 5. The molecule has 1 aromatic rings. The van der Waals surface area contributed by atoms with Gasteiger partial charge in [0, 0.05) is 11.7 Å². The summed E-state index contributed by atoms with van der Waals surface area (Å²) in [6, 6.07) is 3.95. The summed E-state index contributed by atoms with van der Waals surface area (Å²) in [6.45, 7) is 3.32. The van der Waals surface area contributed by atoms with Gasteiger partial charge in [-0.3, -0.25) is 19.8 Å². The van der Waals surface area contributed by atoms with Crippen LogP contribution in [0.2, 0.25) is 0 Å². The van der Waals surface area contributed by atoms with Gasteiger partial charge in [-0.05, 0) is 44.7 Å². The minimum Gasteiger partial charge on any atom is -0.406 e. The Balaban J connectivity index is 2.41. The number of imide groups is 1. The zero-order valence-electron chi connectivity index (χ0n) is 15.7. The van der Waals surface area contributed by atoms with E-state index in [2.05, 4.69) is 20.7 Å². The molecule has 0 spiro atoms. The first-order valence-corrected chi connectivity index (χ1v) is 8.43. The van der Waals surface area contributed by atoms with Crippen molar-refractivity contribution in [2.75, 3.05) is 25.5 Å². The van der Waals surface area contributed by atoms with Crippen molar-refractivity contribution in [3.05, 3.63) is 24.3 Å². The molecule has 0 saturated carbocycles. The van der Waals surface area contributed by atoms with Crippen molar-refractivity contribution < 1.29 is 32.3 Å². The molecule has 0 heterocycles. The molecule has 3 N–H and O–H groups in total. The van der Waals surface area contributed by atoms with Gasteiger partial charge in [-0.15, -0.1) is 13.2 Å². The second-order valence-corrected chi connectivity index (χ2v) is 6.12. The van der Waals surface area contributed by atoms with Crippen molar-refractivity contribution in [3.63, 3.8) is 0 Å². The summed E-state index contributed by atoms with van der Waals surface area (Å²) in [5, 5.41) is 7.21. The summed E-state index contributed by atoms with van der Waals surface area (Å²) in [5.41, 5.74) is 0.269. The molecule has 0 aliphatic carbocycles. The molecular weight excluding hydrogens is 381 g/mol. The van der Waals surface area contributed by atoms with Crippen molar-refractivity contribution in [1.82, 2.24) is 15.5 Å². The van der Waals surface area contributed by atoms with Gasteiger partial charge in [0.05, 0.1) is 13.1 Å². The number of rotatable bonds is 8. The van der Waals surface area contributed by atoms with E-state index in [4.69, 9.17) is 0 Å². The highest BCUT2D eigenvalue weighted by atomic mass is 19.4. The van der Waals surface area contributed by atoms with Gasteiger partial charge >= 0.3 is 12.4 Å². The molecule has 28 heavy (non-hydrogen) atoms. The molecule has 0 aliphatic heterocycles. The Morgan fingerprint density at radius 1 is 1.11 bits per heavy atom. The molecule has 0 bridgehead atoms. The van der Waals surface area contributed by atoms with Crippen LogP contribution >= 0.6 is 0 Å². The Labute approximate surface area is 160 Å². The van der Waals surface area contributed by atoms with Crippen LogP contribution < -0.4 is 20.7 Å². The number of nitrogens with one attached hydrogen (secondary N) is 3. The van der Waals surface area contributed by atoms with Gasteiger partial charge in [-0.25, -0.2) is 4.79 Å². The Morgan fingerprint density at radius 3 is 2.21 bits per heavy atom. The molecule has 156 valence electrons. The molecule has 0 aromatic heterocycles. The first-order valence-electron chi connectivity index (χ1n) is 8.43. The smallest absolute Gasteiger partial charge is 0.406 e. The van der Waals surface area contributed by atoms with Crippen molar-refractivity contribution in [2.24, 2.45) is 0 Å². The minimum atomic E-state index is -4.79. The van der Waals surface area contributed by atoms with Gasteiger partial charge in [0.2, 0.25) is 11.8 Å². The topological polar surface area (TPSA) is 99.8 Å². The van der Waals surface area contributed by atoms with Crippen LogP contribution in [-0.4, -0.2) is 55.3 Å². The van der Waals surface area contributed by atoms with Gasteiger partial charge < -0.3 is 15.4 Å². The summed E-state index contributed by atoms with van der Waals surface area (Å²) in [6.07, 6.45) is -4.08. The largest absolute Gasteiger partial charge is 0.573 e. The van der Waals surface area contributed by atoms with Gasteiger partial charge in [-0.1, -0.05) is 6.92 Å². The van der Waals surface area contributed by atoms with E-state index in [0.717, 1.165) is 12.1 Å². The minimum absolute atomic E-state index is 0.0794. The molecule has 1 atom stereocenters. The molecule has 1 rings (SSSR count). The number of ether oxygens (including phenoxy) is 1. The van der Waals surface area contributed by atoms with Gasteiger partial charge in [0.1, 0.15) is 5.75 Å². The normalized spacial score (nSPS) is 12.2. The molecule has 0 unspecified atom stereocenters. The summed E-state index contributed by atoms with van der Waals surface area (Å²) in [7, 11) is 1.51. The van der Waals surface area contributed by atoms with Crippen LogP contribution in [0.25, 0.3) is 0 Å². The van der Waals surface area contributed by atoms with Crippen LogP contribution in [0, 0.1) is 0 Å². The predicted molar refractivity (Wildman–Crippen MR) is 95.7 cm³/mol. The van der Waals surface area contributed by atoms with Crippen LogP contribution in [0.15, 0.2) is 24.3 Å². The Hall–Kier alpha value is -2.82.